The molecule has 0 amide bonds. The first-order chi connectivity index (χ1) is 18.1. The molecule has 6 rings (SSSR count). The summed E-state index contributed by atoms with van der Waals surface area (Å²) in [7, 11) is 0. The lowest BCUT2D eigenvalue weighted by Gasteiger charge is -2.37. The summed E-state index contributed by atoms with van der Waals surface area (Å²) in [6.07, 6.45) is 9.33. The third kappa shape index (κ3) is 4.53. The third-order valence-electron chi connectivity index (χ3n) is 7.89. The fourth-order valence-electron chi connectivity index (χ4n) is 6.09. The van der Waals surface area contributed by atoms with Crippen LogP contribution in [-0.2, 0) is 4.79 Å². The van der Waals surface area contributed by atoms with Crippen molar-refractivity contribution in [2.24, 2.45) is 0 Å². The van der Waals surface area contributed by atoms with E-state index in [0.29, 0.717) is 11.9 Å². The maximum Gasteiger partial charge on any atom is 0.320 e. The van der Waals surface area contributed by atoms with Gasteiger partial charge in [0.1, 0.15) is 35.3 Å². The van der Waals surface area contributed by atoms with Crippen molar-refractivity contribution in [3.63, 3.8) is 0 Å². The average molecular weight is 498 g/mol. The van der Waals surface area contributed by atoms with E-state index in [2.05, 4.69) is 25.6 Å². The van der Waals surface area contributed by atoms with E-state index >= 15 is 0 Å². The van der Waals surface area contributed by atoms with Crippen LogP contribution in [0.4, 0.5) is 5.82 Å². The van der Waals surface area contributed by atoms with Gasteiger partial charge in [-0.1, -0.05) is 30.3 Å². The van der Waals surface area contributed by atoms with Crippen LogP contribution in [0.15, 0.2) is 67.1 Å². The van der Waals surface area contributed by atoms with E-state index < -0.39 is 5.97 Å². The average Bonchev–Trinajstić information content (AvgIpc) is 3.57. The number of anilines is 1. The molecular formula is C29H31N5O3. The molecule has 0 bridgehead atoms. The normalized spacial score (nSPS) is 22.3. The van der Waals surface area contributed by atoms with Crippen LogP contribution >= 0.6 is 0 Å². The molecule has 1 saturated carbocycles. The predicted octanol–water partition coefficient (Wildman–Crippen LogP) is 5.51. The molecule has 0 radical (unpaired) electrons. The van der Waals surface area contributed by atoms with Gasteiger partial charge in [0.15, 0.2) is 0 Å². The first kappa shape index (κ1) is 23.5. The van der Waals surface area contributed by atoms with Crippen LogP contribution in [0, 0.1) is 0 Å². The fraction of sp³-hybridized carbons (Fsp3) is 0.345. The number of carbonyl (C=O) groups is 1. The summed E-state index contributed by atoms with van der Waals surface area (Å²) in [5.41, 5.74) is 9.25. The Kier molecular flexibility index (Phi) is 6.26. The van der Waals surface area contributed by atoms with Crippen LogP contribution in [-0.4, -0.2) is 49.1 Å². The van der Waals surface area contributed by atoms with Crippen LogP contribution in [0.1, 0.15) is 44.6 Å². The number of para-hydroxylation sites is 1. The van der Waals surface area contributed by atoms with E-state index in [1.807, 2.05) is 54.6 Å². The first-order valence-corrected chi connectivity index (χ1v) is 13.0. The van der Waals surface area contributed by atoms with Crippen molar-refractivity contribution in [3.05, 3.63) is 67.1 Å². The van der Waals surface area contributed by atoms with E-state index in [4.69, 9.17) is 10.5 Å². The molecule has 3 heterocycles. The van der Waals surface area contributed by atoms with Crippen molar-refractivity contribution in [1.29, 1.82) is 0 Å². The zero-order valence-electron chi connectivity index (χ0n) is 20.7. The Morgan fingerprint density at radius 2 is 1.62 bits per heavy atom. The minimum absolute atomic E-state index is 0.286. The summed E-state index contributed by atoms with van der Waals surface area (Å²) in [5, 5.41) is 10.5. The SMILES string of the molecule is Nc1ncnc2c1c(-c1ccc(Oc3ccccc3)cc1)cn2C1CCC(N2CCC[C@@H]2C(=O)O)CC1. The number of hydrogen-bond donors (Lipinski definition) is 2. The first-order valence-electron chi connectivity index (χ1n) is 13.0. The fourth-order valence-corrected chi connectivity index (χ4v) is 6.09. The number of rotatable bonds is 6. The van der Waals surface area contributed by atoms with Crippen LogP contribution in [0.25, 0.3) is 22.2 Å². The Morgan fingerprint density at radius 3 is 2.35 bits per heavy atom. The van der Waals surface area contributed by atoms with Crippen molar-refractivity contribution in [2.45, 2.75) is 56.7 Å². The maximum atomic E-state index is 11.7. The Balaban J connectivity index is 1.25. The van der Waals surface area contributed by atoms with Crippen molar-refractivity contribution in [2.75, 3.05) is 12.3 Å². The van der Waals surface area contributed by atoms with Gasteiger partial charge in [0.05, 0.1) is 5.39 Å². The number of fused-ring (bicyclic) bond motifs is 1. The number of nitrogen functional groups attached to an aromatic ring is 1. The van der Waals surface area contributed by atoms with Crippen LogP contribution in [0.3, 0.4) is 0 Å². The molecule has 2 aromatic heterocycles. The van der Waals surface area contributed by atoms with Gasteiger partial charge in [-0.2, -0.15) is 0 Å². The largest absolute Gasteiger partial charge is 0.480 e. The minimum atomic E-state index is -0.687. The Bertz CT molecular complexity index is 1390. The molecule has 190 valence electrons. The monoisotopic (exact) mass is 497 g/mol. The van der Waals surface area contributed by atoms with Gasteiger partial charge in [-0.05, 0) is 74.9 Å². The summed E-state index contributed by atoms with van der Waals surface area (Å²) >= 11 is 0. The highest BCUT2D eigenvalue weighted by Gasteiger charge is 2.37. The number of carboxylic acids is 1. The molecule has 3 N–H and O–H groups in total. The molecule has 8 heteroatoms. The lowest BCUT2D eigenvalue weighted by molar-refractivity contribution is -0.143. The minimum Gasteiger partial charge on any atom is -0.480 e. The highest BCUT2D eigenvalue weighted by molar-refractivity contribution is 6.00. The second-order valence-corrected chi connectivity index (χ2v) is 10.0. The molecule has 0 spiro atoms. The summed E-state index contributed by atoms with van der Waals surface area (Å²) in [5.74, 6) is 1.35. The summed E-state index contributed by atoms with van der Waals surface area (Å²) in [4.78, 5) is 22.8. The molecule has 1 aliphatic heterocycles. The van der Waals surface area contributed by atoms with Gasteiger partial charge in [0.2, 0.25) is 0 Å². The van der Waals surface area contributed by atoms with Gasteiger partial charge in [-0.25, -0.2) is 9.97 Å². The van der Waals surface area contributed by atoms with Gasteiger partial charge >= 0.3 is 5.97 Å². The maximum absolute atomic E-state index is 11.7. The molecule has 0 unspecified atom stereocenters. The molecule has 37 heavy (non-hydrogen) atoms. The topological polar surface area (TPSA) is 107 Å². The van der Waals surface area contributed by atoms with Gasteiger partial charge in [-0.3, -0.25) is 9.69 Å². The zero-order chi connectivity index (χ0) is 25.4. The number of benzene rings is 2. The second-order valence-electron chi connectivity index (χ2n) is 10.0. The Morgan fingerprint density at radius 1 is 0.919 bits per heavy atom. The molecule has 1 saturated heterocycles. The van der Waals surface area contributed by atoms with Crippen molar-refractivity contribution in [1.82, 2.24) is 19.4 Å². The standard InChI is InChI=1S/C29H31N5O3/c30-27-26-24(19-8-14-23(15-9-19)37-22-5-2-1-3-6-22)17-34(28(26)32-18-31-27)21-12-10-20(11-13-21)33-16-4-7-25(33)29(35)36/h1-3,5-6,8-9,14-15,17-18,20-21,25H,4,7,10-13,16H2,(H,35,36)(H2,30,31,32)/t20?,21?,25-/m1/s1. The van der Waals surface area contributed by atoms with Crippen molar-refractivity contribution >= 4 is 22.8 Å². The summed E-state index contributed by atoms with van der Waals surface area (Å²) in [6.45, 7) is 0.886. The highest BCUT2D eigenvalue weighted by atomic mass is 16.5. The van der Waals surface area contributed by atoms with Crippen LogP contribution < -0.4 is 10.5 Å². The number of likely N-dealkylation sites (tertiary alicyclic amines) is 1. The van der Waals surface area contributed by atoms with Gasteiger partial charge in [0, 0.05) is 23.8 Å². The van der Waals surface area contributed by atoms with Crippen LogP contribution in [0.5, 0.6) is 11.5 Å². The van der Waals surface area contributed by atoms with E-state index in [-0.39, 0.29) is 12.1 Å². The Labute approximate surface area is 215 Å². The molecular weight excluding hydrogens is 466 g/mol. The number of hydrogen-bond acceptors (Lipinski definition) is 6. The highest BCUT2D eigenvalue weighted by Crippen LogP contribution is 2.40. The van der Waals surface area contributed by atoms with E-state index in [9.17, 15) is 9.90 Å². The number of aromatic nitrogens is 3. The quantitative estimate of drug-likeness (QED) is 0.362. The number of carboxylic acid groups (broad SMARTS) is 1. The molecule has 1 aliphatic carbocycles. The van der Waals surface area contributed by atoms with Gasteiger partial charge in [0.25, 0.3) is 0 Å². The molecule has 2 fully saturated rings. The predicted molar refractivity (Wildman–Crippen MR) is 143 cm³/mol. The lowest BCUT2D eigenvalue weighted by atomic mass is 9.89. The van der Waals surface area contributed by atoms with Crippen molar-refractivity contribution in [3.8, 4) is 22.6 Å². The number of ether oxygens (including phenoxy) is 1. The zero-order valence-corrected chi connectivity index (χ0v) is 20.7. The molecule has 4 aromatic rings. The number of aliphatic carboxylic acids is 1. The number of nitrogens with zero attached hydrogens (tertiary/aromatic N) is 4. The molecule has 8 nitrogen and oxygen atoms in total. The lowest BCUT2D eigenvalue weighted by Crippen LogP contribution is -2.44. The van der Waals surface area contributed by atoms with E-state index in [1.165, 1.54) is 6.33 Å². The smallest absolute Gasteiger partial charge is 0.320 e. The van der Waals surface area contributed by atoms with Gasteiger partial charge in [-0.15, -0.1) is 0 Å². The van der Waals surface area contributed by atoms with Crippen LogP contribution in [0.2, 0.25) is 0 Å². The molecule has 2 aromatic carbocycles. The van der Waals surface area contributed by atoms with E-state index in [1.54, 1.807) is 0 Å². The van der Waals surface area contributed by atoms with Gasteiger partial charge < -0.3 is 20.1 Å². The molecule has 1 atom stereocenters. The van der Waals surface area contributed by atoms with Crippen molar-refractivity contribution < 1.29 is 14.6 Å². The Hall–Kier alpha value is -3.91. The summed E-state index contributed by atoms with van der Waals surface area (Å²) in [6, 6.07) is 18.0. The molecule has 2 aliphatic rings. The second kappa shape index (κ2) is 9.86. The third-order valence-corrected chi connectivity index (χ3v) is 7.89. The number of nitrogens with two attached hydrogens (primary N) is 1. The summed E-state index contributed by atoms with van der Waals surface area (Å²) < 4.78 is 8.22. The van der Waals surface area contributed by atoms with E-state index in [0.717, 1.165) is 78.7 Å².